The van der Waals surface area contributed by atoms with E-state index >= 15 is 0 Å². The average Bonchev–Trinajstić information content (AvgIpc) is 3.40. The Bertz CT molecular complexity index is 1430. The lowest BCUT2D eigenvalue weighted by Crippen LogP contribution is -2.09. The Kier molecular flexibility index (Phi) is 6.65. The van der Waals surface area contributed by atoms with Gasteiger partial charge in [0, 0.05) is 28.0 Å². The minimum atomic E-state index is -0.843. The van der Waals surface area contributed by atoms with Crippen molar-refractivity contribution in [1.29, 1.82) is 0 Å². The van der Waals surface area contributed by atoms with Gasteiger partial charge in [-0.1, -0.05) is 0 Å². The van der Waals surface area contributed by atoms with Crippen molar-refractivity contribution in [2.75, 3.05) is 7.11 Å². The van der Waals surface area contributed by atoms with Gasteiger partial charge < -0.3 is 19.1 Å². The van der Waals surface area contributed by atoms with Crippen molar-refractivity contribution in [3.63, 3.8) is 0 Å². The van der Waals surface area contributed by atoms with Crippen molar-refractivity contribution >= 4 is 29.2 Å². The summed E-state index contributed by atoms with van der Waals surface area (Å²) in [5.41, 5.74) is 5.24. The molecule has 0 spiro atoms. The molecule has 0 saturated carbocycles. The van der Waals surface area contributed by atoms with Gasteiger partial charge in [-0.2, -0.15) is 0 Å². The maximum absolute atomic E-state index is 12.2. The molecule has 184 valence electrons. The Morgan fingerprint density at radius 2 is 1.64 bits per heavy atom. The molecule has 6 nitrogen and oxygen atoms in total. The van der Waals surface area contributed by atoms with E-state index in [1.54, 1.807) is 18.4 Å². The SMILES string of the molecule is COc1ccc(Oc2ccc(N=Cc3cc(C)n(-c4sc5c(c4C(=O)O)CCCC5)c3C)cc2)cc1. The molecule has 0 amide bonds. The van der Waals surface area contributed by atoms with Crippen LogP contribution in [0.3, 0.4) is 0 Å². The highest BCUT2D eigenvalue weighted by atomic mass is 32.1. The third-order valence-electron chi connectivity index (χ3n) is 6.52. The molecule has 0 radical (unpaired) electrons. The van der Waals surface area contributed by atoms with E-state index in [2.05, 4.69) is 15.6 Å². The summed E-state index contributed by atoms with van der Waals surface area (Å²) in [6.45, 7) is 4.03. The topological polar surface area (TPSA) is 73.0 Å². The number of ether oxygens (including phenoxy) is 2. The molecule has 2 aromatic heterocycles. The standard InChI is InChI=1S/C29H28N2O4S/c1-18-16-20(19(2)31(18)28-27(29(32)33)25-6-4-5-7-26(25)36-28)17-30-21-8-10-23(11-9-21)35-24-14-12-22(34-3)13-15-24/h8-17H,4-7H2,1-3H3,(H,32,33). The number of benzene rings is 2. The number of nitrogens with zero attached hydrogens (tertiary/aromatic N) is 2. The second-order valence-corrected chi connectivity index (χ2v) is 9.97. The van der Waals surface area contributed by atoms with E-state index in [0.717, 1.165) is 76.1 Å². The highest BCUT2D eigenvalue weighted by Crippen LogP contribution is 2.38. The zero-order valence-corrected chi connectivity index (χ0v) is 21.4. The fourth-order valence-electron chi connectivity index (χ4n) is 4.68. The molecule has 0 fully saturated rings. The highest BCUT2D eigenvalue weighted by molar-refractivity contribution is 7.15. The maximum atomic E-state index is 12.2. The second-order valence-electron chi connectivity index (χ2n) is 8.89. The van der Waals surface area contributed by atoms with E-state index in [1.807, 2.05) is 68.6 Å². The van der Waals surface area contributed by atoms with Gasteiger partial charge in [-0.25, -0.2) is 4.79 Å². The quantitative estimate of drug-likeness (QED) is 0.271. The van der Waals surface area contributed by atoms with Crippen LogP contribution in [0.15, 0.2) is 59.6 Å². The first kappa shape index (κ1) is 23.9. The number of carbonyl (C=O) groups is 1. The van der Waals surface area contributed by atoms with Crippen LogP contribution in [-0.2, 0) is 12.8 Å². The molecule has 0 saturated heterocycles. The Labute approximate surface area is 214 Å². The number of hydrogen-bond donors (Lipinski definition) is 1. The van der Waals surface area contributed by atoms with Gasteiger partial charge in [-0.3, -0.25) is 4.99 Å². The summed E-state index contributed by atoms with van der Waals surface area (Å²) in [6, 6.07) is 17.1. The highest BCUT2D eigenvalue weighted by Gasteiger charge is 2.27. The van der Waals surface area contributed by atoms with Crippen LogP contribution in [0.5, 0.6) is 17.2 Å². The molecule has 0 aliphatic heterocycles. The maximum Gasteiger partial charge on any atom is 0.339 e. The molecule has 2 aromatic carbocycles. The number of carboxylic acids is 1. The fraction of sp³-hybridized carbons (Fsp3) is 0.241. The number of carboxylic acid groups (broad SMARTS) is 1. The molecular weight excluding hydrogens is 472 g/mol. The lowest BCUT2D eigenvalue weighted by molar-refractivity contribution is 0.0696. The Morgan fingerprint density at radius 3 is 2.31 bits per heavy atom. The van der Waals surface area contributed by atoms with Gasteiger partial charge in [0.25, 0.3) is 0 Å². The zero-order chi connectivity index (χ0) is 25.2. The molecule has 5 rings (SSSR count). The van der Waals surface area contributed by atoms with Gasteiger partial charge >= 0.3 is 5.97 Å². The number of methoxy groups -OCH3 is 1. The Balaban J connectivity index is 1.37. The van der Waals surface area contributed by atoms with Gasteiger partial charge in [-0.05, 0) is 99.7 Å². The van der Waals surface area contributed by atoms with Crippen LogP contribution in [0, 0.1) is 13.8 Å². The van der Waals surface area contributed by atoms with Crippen LogP contribution in [0.1, 0.15) is 50.6 Å². The van der Waals surface area contributed by atoms with Crippen molar-refractivity contribution in [2.45, 2.75) is 39.5 Å². The number of aryl methyl sites for hydroxylation is 2. The minimum absolute atomic E-state index is 0.465. The molecule has 1 aliphatic carbocycles. The van der Waals surface area contributed by atoms with Crippen molar-refractivity contribution in [3.05, 3.63) is 87.6 Å². The van der Waals surface area contributed by atoms with E-state index in [0.29, 0.717) is 5.56 Å². The predicted molar refractivity (Wildman–Crippen MR) is 143 cm³/mol. The lowest BCUT2D eigenvalue weighted by atomic mass is 9.95. The number of aliphatic imine (C=N–C) groups is 1. The fourth-order valence-corrected chi connectivity index (χ4v) is 6.18. The predicted octanol–water partition coefficient (Wildman–Crippen LogP) is 7.28. The summed E-state index contributed by atoms with van der Waals surface area (Å²) < 4.78 is 13.1. The molecule has 2 heterocycles. The average molecular weight is 501 g/mol. The van der Waals surface area contributed by atoms with Crippen LogP contribution >= 0.6 is 11.3 Å². The molecule has 1 aliphatic rings. The van der Waals surface area contributed by atoms with Gasteiger partial charge in [0.05, 0.1) is 18.4 Å². The number of rotatable bonds is 7. The van der Waals surface area contributed by atoms with E-state index in [4.69, 9.17) is 9.47 Å². The van der Waals surface area contributed by atoms with Crippen molar-refractivity contribution < 1.29 is 19.4 Å². The van der Waals surface area contributed by atoms with Crippen LogP contribution in [-0.4, -0.2) is 29.0 Å². The lowest BCUT2D eigenvalue weighted by Gasteiger charge is -2.11. The summed E-state index contributed by atoms with van der Waals surface area (Å²) in [4.78, 5) is 18.1. The zero-order valence-electron chi connectivity index (χ0n) is 20.6. The van der Waals surface area contributed by atoms with Crippen molar-refractivity contribution in [3.8, 4) is 22.2 Å². The van der Waals surface area contributed by atoms with Crippen molar-refractivity contribution in [2.24, 2.45) is 4.99 Å². The number of hydrogen-bond acceptors (Lipinski definition) is 5. The van der Waals surface area contributed by atoms with E-state index in [9.17, 15) is 9.90 Å². The van der Waals surface area contributed by atoms with Gasteiger partial charge in [0.15, 0.2) is 0 Å². The van der Waals surface area contributed by atoms with Gasteiger partial charge in [-0.15, -0.1) is 11.3 Å². The normalized spacial score (nSPS) is 13.1. The number of thiophene rings is 1. The number of aromatic nitrogens is 1. The van der Waals surface area contributed by atoms with Gasteiger partial charge in [0.1, 0.15) is 22.2 Å². The van der Waals surface area contributed by atoms with E-state index in [-0.39, 0.29) is 0 Å². The molecule has 7 heteroatoms. The van der Waals surface area contributed by atoms with Crippen molar-refractivity contribution in [1.82, 2.24) is 4.57 Å². The van der Waals surface area contributed by atoms with Crippen LogP contribution < -0.4 is 9.47 Å². The molecular formula is C29H28N2O4S. The Hall–Kier alpha value is -3.84. The molecule has 4 aromatic rings. The minimum Gasteiger partial charge on any atom is -0.497 e. The molecule has 0 bridgehead atoms. The molecule has 0 unspecified atom stereocenters. The smallest absolute Gasteiger partial charge is 0.339 e. The summed E-state index contributed by atoms with van der Waals surface area (Å²) >= 11 is 1.62. The van der Waals surface area contributed by atoms with Crippen LogP contribution in [0.4, 0.5) is 5.69 Å². The number of aromatic carboxylic acids is 1. The Morgan fingerprint density at radius 1 is 1.00 bits per heavy atom. The number of fused-ring (bicyclic) bond motifs is 1. The monoisotopic (exact) mass is 500 g/mol. The second kappa shape index (κ2) is 10.0. The summed E-state index contributed by atoms with van der Waals surface area (Å²) in [5.74, 6) is 1.39. The molecule has 36 heavy (non-hydrogen) atoms. The van der Waals surface area contributed by atoms with E-state index in [1.165, 1.54) is 4.88 Å². The molecule has 0 atom stereocenters. The van der Waals surface area contributed by atoms with Gasteiger partial charge in [0.2, 0.25) is 0 Å². The summed E-state index contributed by atoms with van der Waals surface area (Å²) in [6.07, 6.45) is 5.82. The summed E-state index contributed by atoms with van der Waals surface area (Å²) in [7, 11) is 1.63. The first-order valence-electron chi connectivity index (χ1n) is 12.0. The first-order valence-corrected chi connectivity index (χ1v) is 12.8. The largest absolute Gasteiger partial charge is 0.497 e. The summed E-state index contributed by atoms with van der Waals surface area (Å²) in [5, 5.41) is 10.8. The third-order valence-corrected chi connectivity index (χ3v) is 7.80. The molecule has 1 N–H and O–H groups in total. The van der Waals surface area contributed by atoms with E-state index < -0.39 is 5.97 Å². The van der Waals surface area contributed by atoms with Crippen LogP contribution in [0.25, 0.3) is 5.00 Å². The third kappa shape index (κ3) is 4.66. The van der Waals surface area contributed by atoms with Crippen LogP contribution in [0.2, 0.25) is 0 Å². The first-order chi connectivity index (χ1) is 17.4.